The highest BCUT2D eigenvalue weighted by molar-refractivity contribution is 7.13. The Balaban J connectivity index is 1.71. The molecule has 1 N–H and O–H groups in total. The summed E-state index contributed by atoms with van der Waals surface area (Å²) >= 11 is 1.28. The molecule has 1 aromatic carbocycles. The zero-order valence-corrected chi connectivity index (χ0v) is 12.3. The third kappa shape index (κ3) is 2.82. The summed E-state index contributed by atoms with van der Waals surface area (Å²) in [6.45, 7) is 1.49. The van der Waals surface area contributed by atoms with Crippen molar-refractivity contribution in [2.24, 2.45) is 0 Å². The molecular weight excluding hydrogens is 306 g/mol. The zero-order chi connectivity index (χ0) is 15.5. The Morgan fingerprint density at radius 2 is 2.23 bits per heavy atom. The van der Waals surface area contributed by atoms with Gasteiger partial charge in [-0.1, -0.05) is 6.07 Å². The van der Waals surface area contributed by atoms with Gasteiger partial charge in [-0.05, 0) is 19.1 Å². The van der Waals surface area contributed by atoms with Gasteiger partial charge < -0.3 is 9.15 Å². The number of anilines is 1. The Labute approximate surface area is 128 Å². The highest BCUT2D eigenvalue weighted by Crippen LogP contribution is 2.18. The lowest BCUT2D eigenvalue weighted by Gasteiger charge is -2.12. The van der Waals surface area contributed by atoms with Gasteiger partial charge in [0.15, 0.2) is 23.2 Å². The van der Waals surface area contributed by atoms with Crippen molar-refractivity contribution in [3.63, 3.8) is 0 Å². The molecule has 0 aliphatic rings. The predicted molar refractivity (Wildman–Crippen MR) is 79.6 cm³/mol. The summed E-state index contributed by atoms with van der Waals surface area (Å²) in [5.41, 5.74) is 1.13. The van der Waals surface area contributed by atoms with Gasteiger partial charge in [0.2, 0.25) is 0 Å². The number of carbonyl (C=O) groups excluding carboxylic acids is 2. The summed E-state index contributed by atoms with van der Waals surface area (Å²) in [5.74, 6) is -1.09. The molecule has 0 saturated heterocycles. The van der Waals surface area contributed by atoms with Crippen molar-refractivity contribution in [1.82, 2.24) is 9.97 Å². The maximum absolute atomic E-state index is 12.2. The number of hydrogen-bond acceptors (Lipinski definition) is 7. The van der Waals surface area contributed by atoms with Gasteiger partial charge in [-0.3, -0.25) is 10.1 Å². The minimum absolute atomic E-state index is 0.250. The van der Waals surface area contributed by atoms with E-state index in [0.29, 0.717) is 16.2 Å². The van der Waals surface area contributed by atoms with Gasteiger partial charge in [-0.15, -0.1) is 11.3 Å². The number of thiazole rings is 1. The normalized spacial score (nSPS) is 12.0. The minimum Gasteiger partial charge on any atom is -0.449 e. The predicted octanol–water partition coefficient (Wildman–Crippen LogP) is 2.47. The second kappa shape index (κ2) is 5.94. The second-order valence-electron chi connectivity index (χ2n) is 4.38. The molecule has 0 saturated carbocycles. The summed E-state index contributed by atoms with van der Waals surface area (Å²) in [6.07, 6.45) is 1.86. The molecule has 0 aliphatic carbocycles. The van der Waals surface area contributed by atoms with Crippen LogP contribution in [0.1, 0.15) is 17.3 Å². The molecule has 3 rings (SSSR count). The molecule has 2 aromatic heterocycles. The van der Waals surface area contributed by atoms with Gasteiger partial charge in [-0.25, -0.2) is 14.8 Å². The van der Waals surface area contributed by atoms with Crippen LogP contribution >= 0.6 is 11.3 Å². The van der Waals surface area contributed by atoms with Crippen LogP contribution < -0.4 is 5.32 Å². The van der Waals surface area contributed by atoms with E-state index in [9.17, 15) is 9.59 Å². The van der Waals surface area contributed by atoms with Crippen molar-refractivity contribution in [1.29, 1.82) is 0 Å². The fraction of sp³-hybridized carbons (Fsp3) is 0.143. The van der Waals surface area contributed by atoms with Gasteiger partial charge in [0.05, 0.1) is 5.56 Å². The molecule has 1 unspecified atom stereocenters. The van der Waals surface area contributed by atoms with Gasteiger partial charge >= 0.3 is 5.97 Å². The van der Waals surface area contributed by atoms with Crippen LogP contribution in [-0.4, -0.2) is 27.9 Å². The number of fused-ring (bicyclic) bond motifs is 1. The third-order valence-electron chi connectivity index (χ3n) is 2.90. The van der Waals surface area contributed by atoms with E-state index in [1.165, 1.54) is 24.7 Å². The van der Waals surface area contributed by atoms with Crippen LogP contribution in [-0.2, 0) is 9.53 Å². The van der Waals surface area contributed by atoms with Gasteiger partial charge in [-0.2, -0.15) is 0 Å². The van der Waals surface area contributed by atoms with Crippen molar-refractivity contribution in [2.45, 2.75) is 13.0 Å². The van der Waals surface area contributed by atoms with Crippen molar-refractivity contribution < 1.29 is 18.7 Å². The van der Waals surface area contributed by atoms with Crippen molar-refractivity contribution in [2.75, 3.05) is 5.32 Å². The monoisotopic (exact) mass is 317 g/mol. The highest BCUT2D eigenvalue weighted by Gasteiger charge is 2.21. The third-order valence-corrected chi connectivity index (χ3v) is 3.58. The molecule has 112 valence electrons. The Morgan fingerprint density at radius 1 is 1.36 bits per heavy atom. The molecule has 3 aromatic rings. The number of rotatable bonds is 4. The Bertz CT molecular complexity index is 812. The van der Waals surface area contributed by atoms with Crippen LogP contribution in [0.15, 0.2) is 40.6 Å². The average molecular weight is 317 g/mol. The SMILES string of the molecule is CC(OC(=O)c1cccc2ocnc12)C(=O)Nc1nccs1. The summed E-state index contributed by atoms with van der Waals surface area (Å²) in [5, 5.41) is 4.75. The quantitative estimate of drug-likeness (QED) is 0.743. The molecule has 1 atom stereocenters. The maximum atomic E-state index is 12.2. The molecule has 0 bridgehead atoms. The van der Waals surface area contributed by atoms with Crippen LogP contribution in [0.3, 0.4) is 0 Å². The maximum Gasteiger partial charge on any atom is 0.341 e. The molecule has 0 spiro atoms. The lowest BCUT2D eigenvalue weighted by Crippen LogP contribution is -2.30. The summed E-state index contributed by atoms with van der Waals surface area (Å²) in [6, 6.07) is 4.92. The molecule has 8 heteroatoms. The smallest absolute Gasteiger partial charge is 0.341 e. The van der Waals surface area contributed by atoms with Gasteiger partial charge in [0.1, 0.15) is 5.52 Å². The number of nitrogens with zero attached hydrogens (tertiary/aromatic N) is 2. The molecule has 0 aliphatic heterocycles. The van der Waals surface area contributed by atoms with Gasteiger partial charge in [0, 0.05) is 11.6 Å². The summed E-state index contributed by atoms with van der Waals surface area (Å²) in [4.78, 5) is 32.0. The molecule has 1 amide bonds. The lowest BCUT2D eigenvalue weighted by atomic mass is 10.2. The number of para-hydroxylation sites is 1. The van der Waals surface area contributed by atoms with E-state index >= 15 is 0 Å². The second-order valence-corrected chi connectivity index (χ2v) is 5.27. The minimum atomic E-state index is -0.960. The first-order valence-corrected chi connectivity index (χ1v) is 7.26. The topological polar surface area (TPSA) is 94.3 Å². The van der Waals surface area contributed by atoms with E-state index in [1.54, 1.807) is 29.8 Å². The number of hydrogen-bond donors (Lipinski definition) is 1. The van der Waals surface area contributed by atoms with E-state index in [2.05, 4.69) is 15.3 Å². The lowest BCUT2D eigenvalue weighted by molar-refractivity contribution is -0.123. The Hall–Kier alpha value is -2.74. The first-order chi connectivity index (χ1) is 10.6. The van der Waals surface area contributed by atoms with Gasteiger partial charge in [0.25, 0.3) is 5.91 Å². The number of aromatic nitrogens is 2. The number of benzene rings is 1. The number of carbonyl (C=O) groups is 2. The Morgan fingerprint density at radius 3 is 3.00 bits per heavy atom. The van der Waals surface area contributed by atoms with E-state index in [4.69, 9.17) is 9.15 Å². The number of oxazole rings is 1. The van der Waals surface area contributed by atoms with Crippen LogP contribution in [0.2, 0.25) is 0 Å². The standard InChI is InChI=1S/C14H11N3O4S/c1-8(12(18)17-14-15-5-6-22-14)21-13(19)9-3-2-4-10-11(9)16-7-20-10/h2-8H,1H3,(H,15,17,18). The summed E-state index contributed by atoms with van der Waals surface area (Å²) < 4.78 is 10.3. The first kappa shape index (κ1) is 14.2. The van der Waals surface area contributed by atoms with Crippen molar-refractivity contribution >= 4 is 39.4 Å². The zero-order valence-electron chi connectivity index (χ0n) is 11.5. The Kier molecular flexibility index (Phi) is 3.84. The highest BCUT2D eigenvalue weighted by atomic mass is 32.1. The first-order valence-electron chi connectivity index (χ1n) is 6.38. The van der Waals surface area contributed by atoms with Crippen LogP contribution in [0, 0.1) is 0 Å². The van der Waals surface area contributed by atoms with Crippen LogP contribution in [0.4, 0.5) is 5.13 Å². The van der Waals surface area contributed by atoms with E-state index in [0.717, 1.165) is 0 Å². The largest absolute Gasteiger partial charge is 0.449 e. The molecule has 0 fully saturated rings. The fourth-order valence-corrected chi connectivity index (χ4v) is 2.35. The molecule has 0 radical (unpaired) electrons. The van der Waals surface area contributed by atoms with E-state index < -0.39 is 18.0 Å². The molecular formula is C14H11N3O4S. The number of amides is 1. The molecule has 2 heterocycles. The van der Waals surface area contributed by atoms with Crippen molar-refractivity contribution in [3.8, 4) is 0 Å². The van der Waals surface area contributed by atoms with Crippen LogP contribution in [0.25, 0.3) is 11.1 Å². The number of esters is 1. The number of ether oxygens (including phenoxy) is 1. The van der Waals surface area contributed by atoms with Crippen LogP contribution in [0.5, 0.6) is 0 Å². The molecule has 7 nitrogen and oxygen atoms in total. The fourth-order valence-electron chi connectivity index (χ4n) is 1.82. The summed E-state index contributed by atoms with van der Waals surface area (Å²) in [7, 11) is 0. The molecule has 22 heavy (non-hydrogen) atoms. The van der Waals surface area contributed by atoms with Crippen molar-refractivity contribution in [3.05, 3.63) is 41.7 Å². The number of nitrogens with one attached hydrogen (secondary N) is 1. The van der Waals surface area contributed by atoms with E-state index in [-0.39, 0.29) is 5.56 Å². The van der Waals surface area contributed by atoms with E-state index in [1.807, 2.05) is 0 Å². The average Bonchev–Trinajstić information content (AvgIpc) is 3.17.